The summed E-state index contributed by atoms with van der Waals surface area (Å²) in [5.41, 5.74) is 2.00. The molecule has 0 aliphatic carbocycles. The van der Waals surface area contributed by atoms with Crippen molar-refractivity contribution >= 4 is 21.6 Å². The minimum atomic E-state index is -3.59. The van der Waals surface area contributed by atoms with Crippen molar-refractivity contribution in [1.29, 1.82) is 0 Å². The van der Waals surface area contributed by atoms with E-state index in [0.717, 1.165) is 17.3 Å². The van der Waals surface area contributed by atoms with E-state index in [1.54, 1.807) is 24.9 Å². The quantitative estimate of drug-likeness (QED) is 0.906. The van der Waals surface area contributed by atoms with E-state index < -0.39 is 21.9 Å². The van der Waals surface area contributed by atoms with Crippen molar-refractivity contribution in [3.05, 3.63) is 52.1 Å². The molecule has 0 amide bonds. The molecule has 0 unspecified atom stereocenters. The molecule has 0 bridgehead atoms. The van der Waals surface area contributed by atoms with E-state index >= 15 is 0 Å². The van der Waals surface area contributed by atoms with Crippen molar-refractivity contribution in [1.82, 2.24) is 14.5 Å². The lowest BCUT2D eigenvalue weighted by Crippen LogP contribution is -2.28. The number of rotatable bonds is 5. The summed E-state index contributed by atoms with van der Waals surface area (Å²) in [7, 11) is -1.81. The molecule has 1 heterocycles. The Kier molecular flexibility index (Phi) is 4.89. The van der Waals surface area contributed by atoms with E-state index in [4.69, 9.17) is 11.6 Å². The number of hydrogen-bond donors (Lipinski definition) is 1. The molecule has 1 atom stereocenters. The van der Waals surface area contributed by atoms with Crippen molar-refractivity contribution in [3.63, 3.8) is 0 Å². The Balaban J connectivity index is 2.13. The van der Waals surface area contributed by atoms with Crippen LogP contribution in [-0.2, 0) is 22.8 Å². The van der Waals surface area contributed by atoms with Crippen LogP contribution in [0.4, 0.5) is 4.39 Å². The first-order valence-electron chi connectivity index (χ1n) is 6.62. The van der Waals surface area contributed by atoms with Crippen LogP contribution in [0.1, 0.15) is 29.8 Å². The summed E-state index contributed by atoms with van der Waals surface area (Å²) in [5.74, 6) is -0.841. The normalized spacial score (nSPS) is 13.3. The van der Waals surface area contributed by atoms with Gasteiger partial charge < -0.3 is 0 Å². The standard InChI is InChI=1S/C14H17ClFN3O2S/c1-9-12(7-19(3)17-9)10(2)18-22(20,21)8-11-4-5-14(16)13(15)6-11/h4-7,10,18H,8H2,1-3H3/t10-/m1/s1. The second-order valence-corrected chi connectivity index (χ2v) is 7.35. The smallest absolute Gasteiger partial charge is 0.216 e. The number of aryl methyl sites for hydroxylation is 2. The van der Waals surface area contributed by atoms with Crippen LogP contribution < -0.4 is 4.72 Å². The Morgan fingerprint density at radius 2 is 2.14 bits per heavy atom. The zero-order chi connectivity index (χ0) is 16.5. The van der Waals surface area contributed by atoms with Crippen molar-refractivity contribution in [2.75, 3.05) is 0 Å². The topological polar surface area (TPSA) is 64.0 Å². The lowest BCUT2D eigenvalue weighted by molar-refractivity contribution is 0.565. The van der Waals surface area contributed by atoms with Gasteiger partial charge in [-0.2, -0.15) is 5.10 Å². The molecule has 0 radical (unpaired) electrons. The minimum absolute atomic E-state index is 0.0937. The fraction of sp³-hybridized carbons (Fsp3) is 0.357. The summed E-state index contributed by atoms with van der Waals surface area (Å²) in [5, 5.41) is 4.10. The molecule has 1 aromatic heterocycles. The van der Waals surface area contributed by atoms with Gasteiger partial charge in [0.15, 0.2) is 0 Å². The first-order valence-corrected chi connectivity index (χ1v) is 8.65. The van der Waals surface area contributed by atoms with E-state index in [-0.39, 0.29) is 10.8 Å². The predicted octanol–water partition coefficient (Wildman–Crippen LogP) is 2.70. The first-order chi connectivity index (χ1) is 10.2. The number of halogens is 2. The molecule has 5 nitrogen and oxygen atoms in total. The SMILES string of the molecule is Cc1nn(C)cc1[C@@H](C)NS(=O)(=O)Cc1ccc(F)c(Cl)c1. The number of benzene rings is 1. The van der Waals surface area contributed by atoms with Gasteiger partial charge in [0, 0.05) is 24.8 Å². The summed E-state index contributed by atoms with van der Waals surface area (Å²) < 4.78 is 41.8. The van der Waals surface area contributed by atoms with Crippen LogP contribution in [0.3, 0.4) is 0 Å². The summed E-state index contributed by atoms with van der Waals surface area (Å²) in [6, 6.07) is 3.47. The average molecular weight is 346 g/mol. The van der Waals surface area contributed by atoms with E-state index in [2.05, 4.69) is 9.82 Å². The molecule has 1 aromatic carbocycles. The highest BCUT2D eigenvalue weighted by Gasteiger charge is 2.19. The predicted molar refractivity (Wildman–Crippen MR) is 83.5 cm³/mol. The fourth-order valence-corrected chi connectivity index (χ4v) is 3.84. The third-order valence-corrected chi connectivity index (χ3v) is 4.93. The maximum absolute atomic E-state index is 13.1. The molecule has 120 valence electrons. The van der Waals surface area contributed by atoms with Crippen LogP contribution in [0.25, 0.3) is 0 Å². The molecular weight excluding hydrogens is 329 g/mol. The summed E-state index contributed by atoms with van der Waals surface area (Å²) in [6.45, 7) is 3.57. The molecule has 0 saturated carbocycles. The summed E-state index contributed by atoms with van der Waals surface area (Å²) in [4.78, 5) is 0. The second kappa shape index (κ2) is 6.36. The average Bonchev–Trinajstić information content (AvgIpc) is 2.72. The lowest BCUT2D eigenvalue weighted by atomic mass is 10.1. The van der Waals surface area contributed by atoms with E-state index in [1.165, 1.54) is 12.1 Å². The Bertz CT molecular complexity index is 789. The maximum Gasteiger partial charge on any atom is 0.216 e. The van der Waals surface area contributed by atoms with Crippen molar-refractivity contribution in [2.45, 2.75) is 25.6 Å². The highest BCUT2D eigenvalue weighted by molar-refractivity contribution is 7.88. The molecular formula is C14H17ClFN3O2S. The number of nitrogens with zero attached hydrogens (tertiary/aromatic N) is 2. The van der Waals surface area contributed by atoms with E-state index in [9.17, 15) is 12.8 Å². The number of sulfonamides is 1. The second-order valence-electron chi connectivity index (χ2n) is 5.19. The fourth-order valence-electron chi connectivity index (χ4n) is 2.27. The first kappa shape index (κ1) is 16.9. The lowest BCUT2D eigenvalue weighted by Gasteiger charge is -2.14. The molecule has 0 aliphatic heterocycles. The number of aromatic nitrogens is 2. The van der Waals surface area contributed by atoms with Crippen LogP contribution in [-0.4, -0.2) is 18.2 Å². The number of nitrogens with one attached hydrogen (secondary N) is 1. The van der Waals surface area contributed by atoms with Gasteiger partial charge in [0.2, 0.25) is 10.0 Å². The van der Waals surface area contributed by atoms with Crippen LogP contribution in [0.5, 0.6) is 0 Å². The zero-order valence-electron chi connectivity index (χ0n) is 12.5. The third-order valence-electron chi connectivity index (χ3n) is 3.21. The van der Waals surface area contributed by atoms with Crippen molar-refractivity contribution in [3.8, 4) is 0 Å². The van der Waals surface area contributed by atoms with Gasteiger partial charge in [-0.1, -0.05) is 17.7 Å². The Hall–Kier alpha value is -1.44. The molecule has 2 aromatic rings. The van der Waals surface area contributed by atoms with E-state index in [1.807, 2.05) is 6.92 Å². The van der Waals surface area contributed by atoms with Crippen LogP contribution in [0.15, 0.2) is 24.4 Å². The van der Waals surface area contributed by atoms with Gasteiger partial charge in [-0.05, 0) is 31.5 Å². The molecule has 1 N–H and O–H groups in total. The summed E-state index contributed by atoms with van der Waals surface area (Å²) in [6.07, 6.45) is 1.78. The van der Waals surface area contributed by atoms with Gasteiger partial charge in [0.1, 0.15) is 5.82 Å². The van der Waals surface area contributed by atoms with Gasteiger partial charge in [-0.15, -0.1) is 0 Å². The van der Waals surface area contributed by atoms with Gasteiger partial charge in [-0.3, -0.25) is 4.68 Å². The molecule has 8 heteroatoms. The van der Waals surface area contributed by atoms with Gasteiger partial charge in [0.05, 0.1) is 16.5 Å². The van der Waals surface area contributed by atoms with Gasteiger partial charge in [0.25, 0.3) is 0 Å². The Morgan fingerprint density at radius 3 is 2.68 bits per heavy atom. The number of hydrogen-bond acceptors (Lipinski definition) is 3. The largest absolute Gasteiger partial charge is 0.275 e. The molecule has 0 fully saturated rings. The summed E-state index contributed by atoms with van der Waals surface area (Å²) >= 11 is 5.67. The van der Waals surface area contributed by atoms with Gasteiger partial charge >= 0.3 is 0 Å². The van der Waals surface area contributed by atoms with Gasteiger partial charge in [-0.25, -0.2) is 17.5 Å². The van der Waals surface area contributed by atoms with Crippen LogP contribution in [0.2, 0.25) is 5.02 Å². The molecule has 0 saturated heterocycles. The van der Waals surface area contributed by atoms with Crippen molar-refractivity contribution in [2.24, 2.45) is 7.05 Å². The van der Waals surface area contributed by atoms with Crippen LogP contribution >= 0.6 is 11.6 Å². The molecule has 22 heavy (non-hydrogen) atoms. The highest BCUT2D eigenvalue weighted by atomic mass is 35.5. The Morgan fingerprint density at radius 1 is 1.45 bits per heavy atom. The minimum Gasteiger partial charge on any atom is -0.275 e. The highest BCUT2D eigenvalue weighted by Crippen LogP contribution is 2.20. The van der Waals surface area contributed by atoms with Crippen molar-refractivity contribution < 1.29 is 12.8 Å². The van der Waals surface area contributed by atoms with E-state index in [0.29, 0.717) is 5.56 Å². The molecule has 2 rings (SSSR count). The zero-order valence-corrected chi connectivity index (χ0v) is 14.0. The molecule has 0 aliphatic rings. The Labute approximate surface area is 134 Å². The van der Waals surface area contributed by atoms with Crippen LogP contribution in [0, 0.1) is 12.7 Å². The third kappa shape index (κ3) is 4.06. The molecule has 0 spiro atoms. The maximum atomic E-state index is 13.1. The monoisotopic (exact) mass is 345 g/mol.